The molecule has 1 N–H and O–H groups in total. The molecule has 0 aliphatic carbocycles. The number of phenolic OH excluding ortho intramolecular Hbond substituents is 1. The van der Waals surface area contributed by atoms with Gasteiger partial charge in [-0.05, 0) is 68.8 Å². The van der Waals surface area contributed by atoms with Crippen molar-refractivity contribution in [2.45, 2.75) is 39.4 Å². The second-order valence-electron chi connectivity index (χ2n) is 8.21. The molecular weight excluding hydrogens is 390 g/mol. The molecule has 2 aliphatic heterocycles. The van der Waals surface area contributed by atoms with Gasteiger partial charge in [-0.1, -0.05) is 6.92 Å². The van der Waals surface area contributed by atoms with Crippen LogP contribution >= 0.6 is 0 Å². The normalized spacial score (nSPS) is 20.1. The van der Waals surface area contributed by atoms with Gasteiger partial charge < -0.3 is 14.9 Å². The SMILES string of the molecule is CCC(C)N1N=C(C)N(c2ccc(N3CCN(c4ccc(O)cc4)CC3)cc2)C1C=O. The number of carbonyl (C=O) groups is 1. The molecule has 0 amide bonds. The molecule has 0 saturated carbocycles. The first-order valence-corrected chi connectivity index (χ1v) is 11.0. The van der Waals surface area contributed by atoms with Gasteiger partial charge in [0, 0.05) is 49.3 Å². The number of piperazine rings is 1. The highest BCUT2D eigenvalue weighted by molar-refractivity contribution is 6.01. The van der Waals surface area contributed by atoms with E-state index in [1.807, 2.05) is 29.0 Å². The zero-order valence-electron chi connectivity index (χ0n) is 18.5. The van der Waals surface area contributed by atoms with Gasteiger partial charge in [0.2, 0.25) is 0 Å². The van der Waals surface area contributed by atoms with Crippen molar-refractivity contribution in [3.63, 3.8) is 0 Å². The lowest BCUT2D eigenvalue weighted by Crippen LogP contribution is -2.46. The number of rotatable bonds is 6. The molecule has 7 heteroatoms. The van der Waals surface area contributed by atoms with Crippen molar-refractivity contribution in [3.8, 4) is 5.75 Å². The average Bonchev–Trinajstić information content (AvgIpc) is 3.15. The van der Waals surface area contributed by atoms with Crippen molar-refractivity contribution in [2.24, 2.45) is 5.10 Å². The van der Waals surface area contributed by atoms with E-state index in [0.717, 1.165) is 56.1 Å². The largest absolute Gasteiger partial charge is 0.508 e. The van der Waals surface area contributed by atoms with E-state index in [9.17, 15) is 9.90 Å². The van der Waals surface area contributed by atoms with E-state index in [4.69, 9.17) is 0 Å². The van der Waals surface area contributed by atoms with Gasteiger partial charge in [0.25, 0.3) is 0 Å². The quantitative estimate of drug-likeness (QED) is 0.721. The standard InChI is InChI=1S/C24H31N5O2/c1-4-18(2)29-24(17-30)28(19(3)25-29)22-7-5-20(6-8-22)26-13-15-27(16-14-26)21-9-11-23(31)12-10-21/h5-12,17-18,24,31H,4,13-16H2,1-3H3. The summed E-state index contributed by atoms with van der Waals surface area (Å²) in [6.45, 7) is 9.89. The number of hydrogen-bond acceptors (Lipinski definition) is 7. The molecular formula is C24H31N5O2. The van der Waals surface area contributed by atoms with E-state index < -0.39 is 6.17 Å². The maximum atomic E-state index is 11.9. The number of hydrazone groups is 1. The Labute approximate surface area is 184 Å². The van der Waals surface area contributed by atoms with Crippen molar-refractivity contribution in [1.82, 2.24) is 5.01 Å². The van der Waals surface area contributed by atoms with E-state index in [0.29, 0.717) is 5.75 Å². The van der Waals surface area contributed by atoms with Crippen LogP contribution in [0.4, 0.5) is 17.1 Å². The van der Waals surface area contributed by atoms with Crippen LogP contribution in [-0.2, 0) is 4.79 Å². The smallest absolute Gasteiger partial charge is 0.180 e. The van der Waals surface area contributed by atoms with Gasteiger partial charge in [-0.25, -0.2) is 0 Å². The predicted octanol–water partition coefficient (Wildman–Crippen LogP) is 3.50. The van der Waals surface area contributed by atoms with E-state index in [-0.39, 0.29) is 6.04 Å². The zero-order valence-corrected chi connectivity index (χ0v) is 18.5. The minimum Gasteiger partial charge on any atom is -0.508 e. The number of amidine groups is 1. The van der Waals surface area contributed by atoms with E-state index in [1.54, 1.807) is 12.1 Å². The van der Waals surface area contributed by atoms with Gasteiger partial charge in [-0.15, -0.1) is 0 Å². The lowest BCUT2D eigenvalue weighted by atomic mass is 10.2. The van der Waals surface area contributed by atoms with Crippen LogP contribution in [0, 0.1) is 0 Å². The average molecular weight is 422 g/mol. The van der Waals surface area contributed by atoms with Crippen LogP contribution in [0.25, 0.3) is 0 Å². The molecule has 2 atom stereocenters. The van der Waals surface area contributed by atoms with Gasteiger partial charge >= 0.3 is 0 Å². The molecule has 4 rings (SSSR count). The van der Waals surface area contributed by atoms with Crippen molar-refractivity contribution in [2.75, 3.05) is 40.9 Å². The van der Waals surface area contributed by atoms with Gasteiger partial charge in [0.15, 0.2) is 12.5 Å². The minimum atomic E-state index is -0.394. The molecule has 0 radical (unpaired) electrons. The molecule has 31 heavy (non-hydrogen) atoms. The highest BCUT2D eigenvalue weighted by atomic mass is 16.3. The number of carbonyl (C=O) groups excluding carboxylic acids is 1. The van der Waals surface area contributed by atoms with Crippen molar-refractivity contribution in [3.05, 3.63) is 48.5 Å². The maximum absolute atomic E-state index is 11.9. The van der Waals surface area contributed by atoms with Crippen LogP contribution in [0.5, 0.6) is 5.75 Å². The molecule has 2 aromatic rings. The van der Waals surface area contributed by atoms with Crippen LogP contribution in [0.1, 0.15) is 27.2 Å². The van der Waals surface area contributed by atoms with Crippen molar-refractivity contribution in [1.29, 1.82) is 0 Å². The Morgan fingerprint density at radius 2 is 1.45 bits per heavy atom. The fraction of sp³-hybridized carbons (Fsp3) is 0.417. The summed E-state index contributed by atoms with van der Waals surface area (Å²) in [5.74, 6) is 1.14. The summed E-state index contributed by atoms with van der Waals surface area (Å²) in [6, 6.07) is 16.0. The monoisotopic (exact) mass is 421 g/mol. The van der Waals surface area contributed by atoms with Crippen LogP contribution in [-0.4, -0.2) is 60.6 Å². The Bertz CT molecular complexity index is 920. The van der Waals surface area contributed by atoms with Crippen LogP contribution in [0.3, 0.4) is 0 Å². The highest BCUT2D eigenvalue weighted by Crippen LogP contribution is 2.29. The number of benzene rings is 2. The summed E-state index contributed by atoms with van der Waals surface area (Å²) >= 11 is 0. The summed E-state index contributed by atoms with van der Waals surface area (Å²) in [7, 11) is 0. The third-order valence-electron chi connectivity index (χ3n) is 6.30. The molecule has 2 aliphatic rings. The Hall–Kier alpha value is -3.22. The van der Waals surface area contributed by atoms with Crippen LogP contribution < -0.4 is 14.7 Å². The molecule has 1 fully saturated rings. The minimum absolute atomic E-state index is 0.208. The van der Waals surface area contributed by atoms with Crippen LogP contribution in [0.15, 0.2) is 53.6 Å². The molecule has 2 heterocycles. The summed E-state index contributed by atoms with van der Waals surface area (Å²) < 4.78 is 0. The first kappa shape index (κ1) is 21.0. The summed E-state index contributed by atoms with van der Waals surface area (Å²) in [4.78, 5) is 18.6. The second kappa shape index (κ2) is 8.88. The summed E-state index contributed by atoms with van der Waals surface area (Å²) in [6.07, 6.45) is 1.52. The number of hydrogen-bond donors (Lipinski definition) is 1. The number of phenols is 1. The Morgan fingerprint density at radius 1 is 0.968 bits per heavy atom. The predicted molar refractivity (Wildman–Crippen MR) is 126 cm³/mol. The Morgan fingerprint density at radius 3 is 1.94 bits per heavy atom. The number of anilines is 3. The summed E-state index contributed by atoms with van der Waals surface area (Å²) in [5, 5.41) is 16.0. The molecule has 2 unspecified atom stereocenters. The summed E-state index contributed by atoms with van der Waals surface area (Å²) in [5.41, 5.74) is 3.31. The van der Waals surface area contributed by atoms with Crippen molar-refractivity contribution < 1.29 is 9.90 Å². The highest BCUT2D eigenvalue weighted by Gasteiger charge is 2.35. The van der Waals surface area contributed by atoms with Gasteiger partial charge in [-0.3, -0.25) is 14.7 Å². The zero-order chi connectivity index (χ0) is 22.0. The van der Waals surface area contributed by atoms with Crippen LogP contribution in [0.2, 0.25) is 0 Å². The second-order valence-corrected chi connectivity index (χ2v) is 8.21. The van der Waals surface area contributed by atoms with Gasteiger partial charge in [-0.2, -0.15) is 5.10 Å². The molecule has 0 bridgehead atoms. The molecule has 164 valence electrons. The first-order chi connectivity index (χ1) is 15.0. The number of aromatic hydroxyl groups is 1. The number of aldehydes is 1. The third kappa shape index (κ3) is 4.17. The lowest BCUT2D eigenvalue weighted by molar-refractivity contribution is -0.112. The van der Waals surface area contributed by atoms with E-state index in [1.165, 1.54) is 5.69 Å². The number of nitrogens with zero attached hydrogens (tertiary/aromatic N) is 5. The Balaban J connectivity index is 1.42. The first-order valence-electron chi connectivity index (χ1n) is 11.0. The molecule has 0 aromatic heterocycles. The molecule has 1 saturated heterocycles. The molecule has 7 nitrogen and oxygen atoms in total. The van der Waals surface area contributed by atoms with Gasteiger partial charge in [0.05, 0.1) is 0 Å². The molecule has 2 aromatic carbocycles. The van der Waals surface area contributed by atoms with E-state index in [2.05, 4.69) is 53.0 Å². The van der Waals surface area contributed by atoms with E-state index >= 15 is 0 Å². The fourth-order valence-corrected chi connectivity index (χ4v) is 4.30. The van der Waals surface area contributed by atoms with Gasteiger partial charge in [0.1, 0.15) is 11.6 Å². The lowest BCUT2D eigenvalue weighted by Gasteiger charge is -2.37. The Kier molecular flexibility index (Phi) is 6.02. The topological polar surface area (TPSA) is 62.6 Å². The maximum Gasteiger partial charge on any atom is 0.180 e. The fourth-order valence-electron chi connectivity index (χ4n) is 4.30. The molecule has 0 spiro atoms. The van der Waals surface area contributed by atoms with Crippen molar-refractivity contribution >= 4 is 29.2 Å². The third-order valence-corrected chi connectivity index (χ3v) is 6.30.